The van der Waals surface area contributed by atoms with Crippen LogP contribution in [0.4, 0.5) is 0 Å². The van der Waals surface area contributed by atoms with Gasteiger partial charge >= 0.3 is 0 Å². The summed E-state index contributed by atoms with van der Waals surface area (Å²) in [5.41, 5.74) is 1.20. The van der Waals surface area contributed by atoms with Gasteiger partial charge in [0.2, 0.25) is 10.0 Å². The van der Waals surface area contributed by atoms with E-state index in [0.717, 1.165) is 25.7 Å². The van der Waals surface area contributed by atoms with Crippen LogP contribution in [0.3, 0.4) is 0 Å². The molecule has 1 atom stereocenters. The van der Waals surface area contributed by atoms with Crippen LogP contribution in [0.1, 0.15) is 24.8 Å². The average molecular weight is 317 g/mol. The van der Waals surface area contributed by atoms with Gasteiger partial charge in [-0.3, -0.25) is 9.97 Å². The fourth-order valence-electron chi connectivity index (χ4n) is 2.93. The van der Waals surface area contributed by atoms with Gasteiger partial charge < -0.3 is 0 Å². The third-order valence-electron chi connectivity index (χ3n) is 4.08. The molecule has 0 aromatic carbocycles. The second kappa shape index (κ2) is 6.54. The summed E-state index contributed by atoms with van der Waals surface area (Å²) in [5, 5.41) is 0. The monoisotopic (exact) mass is 317 g/mol. The number of hydrogen-bond donors (Lipinski definition) is 0. The van der Waals surface area contributed by atoms with Crippen LogP contribution in [0, 0.1) is 0 Å². The number of pyridine rings is 2. The zero-order valence-corrected chi connectivity index (χ0v) is 13.1. The molecule has 5 nitrogen and oxygen atoms in total. The van der Waals surface area contributed by atoms with Gasteiger partial charge in [0.25, 0.3) is 0 Å². The first-order chi connectivity index (χ1) is 10.7. The molecule has 2 aromatic rings. The summed E-state index contributed by atoms with van der Waals surface area (Å²) in [4.78, 5) is 8.22. The predicted molar refractivity (Wildman–Crippen MR) is 83.7 cm³/mol. The van der Waals surface area contributed by atoms with E-state index in [0.29, 0.717) is 6.54 Å². The third kappa shape index (κ3) is 3.18. The molecule has 1 fully saturated rings. The van der Waals surface area contributed by atoms with Crippen LogP contribution in [0.25, 0.3) is 0 Å². The molecule has 0 N–H and O–H groups in total. The summed E-state index contributed by atoms with van der Waals surface area (Å²) < 4.78 is 27.1. The zero-order chi connectivity index (χ0) is 15.4. The van der Waals surface area contributed by atoms with Crippen molar-refractivity contribution >= 4 is 10.0 Å². The standard InChI is InChI=1S/C16H19N3O2S/c20-22(21,16-4-1-9-18-13-16)19-12-2-3-15(19)6-5-14-7-10-17-11-8-14/h1,4,7-11,13,15H,2-3,5-6,12H2. The number of sulfonamides is 1. The maximum Gasteiger partial charge on any atom is 0.244 e. The number of rotatable bonds is 5. The lowest BCUT2D eigenvalue weighted by molar-refractivity contribution is 0.370. The van der Waals surface area contributed by atoms with Crippen LogP contribution in [0.2, 0.25) is 0 Å². The van der Waals surface area contributed by atoms with Crippen molar-refractivity contribution in [2.45, 2.75) is 36.6 Å². The summed E-state index contributed by atoms with van der Waals surface area (Å²) in [5.74, 6) is 0. The maximum atomic E-state index is 12.7. The number of aryl methyl sites for hydroxylation is 1. The maximum absolute atomic E-state index is 12.7. The number of nitrogens with zero attached hydrogens (tertiary/aromatic N) is 3. The van der Waals surface area contributed by atoms with E-state index < -0.39 is 10.0 Å². The fourth-order valence-corrected chi connectivity index (χ4v) is 4.62. The molecule has 1 aliphatic heterocycles. The van der Waals surface area contributed by atoms with Crippen LogP contribution >= 0.6 is 0 Å². The summed E-state index contributed by atoms with van der Waals surface area (Å²) >= 11 is 0. The van der Waals surface area contributed by atoms with Gasteiger partial charge in [0.05, 0.1) is 0 Å². The molecule has 0 spiro atoms. The smallest absolute Gasteiger partial charge is 0.244 e. The molecule has 0 radical (unpaired) electrons. The van der Waals surface area contributed by atoms with Crippen molar-refractivity contribution in [3.63, 3.8) is 0 Å². The van der Waals surface area contributed by atoms with E-state index in [1.54, 1.807) is 35.0 Å². The van der Waals surface area contributed by atoms with Crippen molar-refractivity contribution < 1.29 is 8.42 Å². The van der Waals surface area contributed by atoms with E-state index in [1.807, 2.05) is 12.1 Å². The fraction of sp³-hybridized carbons (Fsp3) is 0.375. The quantitative estimate of drug-likeness (QED) is 0.848. The summed E-state index contributed by atoms with van der Waals surface area (Å²) in [6.45, 7) is 0.595. The highest BCUT2D eigenvalue weighted by atomic mass is 32.2. The first-order valence-corrected chi connectivity index (χ1v) is 8.93. The van der Waals surface area contributed by atoms with Crippen LogP contribution in [0.15, 0.2) is 53.9 Å². The van der Waals surface area contributed by atoms with Gasteiger partial charge in [-0.1, -0.05) is 0 Å². The summed E-state index contributed by atoms with van der Waals surface area (Å²) in [6.07, 6.45) is 10.1. The Morgan fingerprint density at radius 1 is 1.14 bits per heavy atom. The van der Waals surface area contributed by atoms with Gasteiger partial charge in [0, 0.05) is 37.4 Å². The Morgan fingerprint density at radius 2 is 1.95 bits per heavy atom. The van der Waals surface area contributed by atoms with Crippen molar-refractivity contribution in [1.82, 2.24) is 14.3 Å². The lowest BCUT2D eigenvalue weighted by atomic mass is 10.1. The van der Waals surface area contributed by atoms with Crippen molar-refractivity contribution in [2.75, 3.05) is 6.54 Å². The van der Waals surface area contributed by atoms with E-state index in [4.69, 9.17) is 0 Å². The Hall–Kier alpha value is -1.79. The minimum absolute atomic E-state index is 0.0679. The van der Waals surface area contributed by atoms with Gasteiger partial charge in [0.1, 0.15) is 4.90 Å². The van der Waals surface area contributed by atoms with Crippen LogP contribution in [0.5, 0.6) is 0 Å². The van der Waals surface area contributed by atoms with E-state index in [-0.39, 0.29) is 10.9 Å². The number of aromatic nitrogens is 2. The molecular weight excluding hydrogens is 298 g/mol. The second-order valence-corrected chi connectivity index (χ2v) is 7.39. The topological polar surface area (TPSA) is 63.2 Å². The highest BCUT2D eigenvalue weighted by Gasteiger charge is 2.34. The molecule has 2 aromatic heterocycles. The molecule has 0 saturated carbocycles. The first-order valence-electron chi connectivity index (χ1n) is 7.49. The molecule has 1 unspecified atom stereocenters. The minimum atomic E-state index is -3.43. The molecule has 0 amide bonds. The van der Waals surface area contributed by atoms with Gasteiger partial charge in [-0.05, 0) is 55.5 Å². The van der Waals surface area contributed by atoms with Crippen LogP contribution < -0.4 is 0 Å². The molecule has 116 valence electrons. The molecule has 6 heteroatoms. The highest BCUT2D eigenvalue weighted by molar-refractivity contribution is 7.89. The van der Waals surface area contributed by atoms with Gasteiger partial charge in [0.15, 0.2) is 0 Å². The third-order valence-corrected chi connectivity index (χ3v) is 6.02. The second-order valence-electron chi connectivity index (χ2n) is 5.49. The van der Waals surface area contributed by atoms with Crippen molar-refractivity contribution in [2.24, 2.45) is 0 Å². The highest BCUT2D eigenvalue weighted by Crippen LogP contribution is 2.28. The lowest BCUT2D eigenvalue weighted by Crippen LogP contribution is -2.35. The SMILES string of the molecule is O=S(=O)(c1cccnc1)N1CCCC1CCc1ccncc1. The minimum Gasteiger partial charge on any atom is -0.265 e. The number of hydrogen-bond acceptors (Lipinski definition) is 4. The Labute approximate surface area is 131 Å². The largest absolute Gasteiger partial charge is 0.265 e. The van der Waals surface area contributed by atoms with Gasteiger partial charge in [-0.2, -0.15) is 4.31 Å². The molecule has 3 heterocycles. The van der Waals surface area contributed by atoms with Gasteiger partial charge in [-0.25, -0.2) is 8.42 Å². The zero-order valence-electron chi connectivity index (χ0n) is 12.3. The Balaban J connectivity index is 1.73. The van der Waals surface area contributed by atoms with Crippen molar-refractivity contribution in [3.05, 3.63) is 54.6 Å². The van der Waals surface area contributed by atoms with E-state index in [2.05, 4.69) is 9.97 Å². The molecule has 0 aliphatic carbocycles. The van der Waals surface area contributed by atoms with Crippen LogP contribution in [-0.4, -0.2) is 35.3 Å². The Kier molecular flexibility index (Phi) is 4.49. The molecule has 1 saturated heterocycles. The summed E-state index contributed by atoms with van der Waals surface area (Å²) in [6, 6.07) is 7.30. The molecule has 1 aliphatic rings. The predicted octanol–water partition coefficient (Wildman–Crippen LogP) is 2.26. The lowest BCUT2D eigenvalue weighted by Gasteiger charge is -2.24. The molecule has 22 heavy (non-hydrogen) atoms. The van der Waals surface area contributed by atoms with Gasteiger partial charge in [-0.15, -0.1) is 0 Å². The first kappa shape index (κ1) is 15.1. The Morgan fingerprint density at radius 3 is 2.68 bits per heavy atom. The van der Waals surface area contributed by atoms with E-state index in [9.17, 15) is 8.42 Å². The normalized spacial score (nSPS) is 19.4. The van der Waals surface area contributed by atoms with Crippen molar-refractivity contribution in [1.29, 1.82) is 0 Å². The van der Waals surface area contributed by atoms with Crippen LogP contribution in [-0.2, 0) is 16.4 Å². The Bertz CT molecular complexity index is 705. The molecule has 0 bridgehead atoms. The average Bonchev–Trinajstić information content (AvgIpc) is 3.04. The summed E-state index contributed by atoms with van der Waals surface area (Å²) in [7, 11) is -3.43. The van der Waals surface area contributed by atoms with E-state index in [1.165, 1.54) is 11.8 Å². The molecular formula is C16H19N3O2S. The molecule has 3 rings (SSSR count). The van der Waals surface area contributed by atoms with E-state index >= 15 is 0 Å². The van der Waals surface area contributed by atoms with Crippen molar-refractivity contribution in [3.8, 4) is 0 Å².